The summed E-state index contributed by atoms with van der Waals surface area (Å²) in [5, 5.41) is 4.77. The third kappa shape index (κ3) is 2.24. The van der Waals surface area contributed by atoms with Crippen molar-refractivity contribution in [2.24, 2.45) is 0 Å². The number of fused-ring (bicyclic) bond motifs is 4. The fourth-order valence-electron chi connectivity index (χ4n) is 4.25. The topological polar surface area (TPSA) is 54.3 Å². The number of carbonyl (C=O) groups excluding carboxylic acids is 1. The molecule has 1 amide bonds. The van der Waals surface area contributed by atoms with Crippen molar-refractivity contribution in [3.8, 4) is 16.8 Å². The number of benzene rings is 1. The number of pyridine rings is 1. The number of amides is 1. The predicted molar refractivity (Wildman–Crippen MR) is 109 cm³/mol. The molecule has 5 rings (SSSR count). The molecule has 1 aromatic carbocycles. The molecule has 2 aliphatic rings. The Labute approximate surface area is 164 Å². The zero-order valence-electron chi connectivity index (χ0n) is 16.6. The van der Waals surface area contributed by atoms with Crippen molar-refractivity contribution in [3.63, 3.8) is 0 Å². The Morgan fingerprint density at radius 3 is 2.61 bits per heavy atom. The largest absolute Gasteiger partial charge is 0.361 e. The van der Waals surface area contributed by atoms with Gasteiger partial charge in [0.25, 0.3) is 5.91 Å². The summed E-state index contributed by atoms with van der Waals surface area (Å²) in [5.74, 6) is 0.797. The molecular formula is C22H23N5O. The molecule has 0 bridgehead atoms. The van der Waals surface area contributed by atoms with Gasteiger partial charge in [-0.15, -0.1) is 5.10 Å². The molecule has 0 unspecified atom stereocenters. The second-order valence-corrected chi connectivity index (χ2v) is 7.96. The third-order valence-electron chi connectivity index (χ3n) is 6.09. The highest BCUT2D eigenvalue weighted by Crippen LogP contribution is 2.54. The summed E-state index contributed by atoms with van der Waals surface area (Å²) in [7, 11) is 5.79. The fourth-order valence-corrected chi connectivity index (χ4v) is 4.25. The molecule has 3 aromatic rings. The summed E-state index contributed by atoms with van der Waals surface area (Å²) in [6, 6.07) is 12.4. The van der Waals surface area contributed by atoms with E-state index in [2.05, 4.69) is 29.2 Å². The quantitative estimate of drug-likeness (QED) is 0.691. The van der Waals surface area contributed by atoms with Crippen molar-refractivity contribution in [1.82, 2.24) is 19.7 Å². The van der Waals surface area contributed by atoms with Crippen LogP contribution in [0.25, 0.3) is 16.8 Å². The number of nitrogens with zero attached hydrogens (tertiary/aromatic N) is 5. The first-order chi connectivity index (χ1) is 13.4. The van der Waals surface area contributed by atoms with Gasteiger partial charge in [-0.1, -0.05) is 18.2 Å². The Balaban J connectivity index is 1.79. The van der Waals surface area contributed by atoms with E-state index in [-0.39, 0.29) is 11.4 Å². The molecule has 3 heterocycles. The van der Waals surface area contributed by atoms with E-state index in [4.69, 9.17) is 5.10 Å². The van der Waals surface area contributed by atoms with Crippen LogP contribution in [0.3, 0.4) is 0 Å². The Kier molecular flexibility index (Phi) is 3.44. The molecule has 1 saturated carbocycles. The molecule has 0 radical (unpaired) electrons. The van der Waals surface area contributed by atoms with E-state index in [1.54, 1.807) is 0 Å². The van der Waals surface area contributed by atoms with E-state index in [1.165, 1.54) is 5.56 Å². The predicted octanol–water partition coefficient (Wildman–Crippen LogP) is 3.38. The lowest BCUT2D eigenvalue weighted by atomic mass is 9.96. The van der Waals surface area contributed by atoms with Crippen LogP contribution in [0.15, 0.2) is 42.6 Å². The molecular weight excluding hydrogens is 350 g/mol. The van der Waals surface area contributed by atoms with Gasteiger partial charge in [-0.3, -0.25) is 9.78 Å². The van der Waals surface area contributed by atoms with Gasteiger partial charge >= 0.3 is 0 Å². The maximum absolute atomic E-state index is 13.2. The molecule has 1 fully saturated rings. The second kappa shape index (κ2) is 5.67. The van der Waals surface area contributed by atoms with Gasteiger partial charge in [0.15, 0.2) is 5.82 Å². The summed E-state index contributed by atoms with van der Waals surface area (Å²) >= 11 is 0. The summed E-state index contributed by atoms with van der Waals surface area (Å²) in [6.07, 6.45) is 3.78. The molecule has 1 aliphatic carbocycles. The van der Waals surface area contributed by atoms with Crippen LogP contribution in [0.4, 0.5) is 5.82 Å². The van der Waals surface area contributed by atoms with Gasteiger partial charge in [0.05, 0.1) is 11.2 Å². The van der Waals surface area contributed by atoms with Crippen LogP contribution in [-0.2, 0) is 5.54 Å². The van der Waals surface area contributed by atoms with Crippen molar-refractivity contribution in [2.45, 2.75) is 25.3 Å². The van der Waals surface area contributed by atoms with E-state index in [0.29, 0.717) is 5.69 Å². The molecule has 6 nitrogen and oxygen atoms in total. The normalized spacial score (nSPS) is 16.6. The fraction of sp³-hybridized carbons (Fsp3) is 0.318. The van der Waals surface area contributed by atoms with Crippen molar-refractivity contribution >= 4 is 11.7 Å². The van der Waals surface area contributed by atoms with Gasteiger partial charge in [0, 0.05) is 50.2 Å². The molecule has 2 aromatic heterocycles. The van der Waals surface area contributed by atoms with E-state index < -0.39 is 0 Å². The van der Waals surface area contributed by atoms with Gasteiger partial charge < -0.3 is 9.80 Å². The van der Waals surface area contributed by atoms with Crippen LogP contribution in [0.1, 0.15) is 34.6 Å². The Bertz CT molecular complexity index is 1110. The maximum atomic E-state index is 13.2. The highest BCUT2D eigenvalue weighted by atomic mass is 16.2. The van der Waals surface area contributed by atoms with Gasteiger partial charge in [0.2, 0.25) is 0 Å². The van der Waals surface area contributed by atoms with Crippen LogP contribution in [-0.4, -0.2) is 46.7 Å². The molecule has 142 valence electrons. The lowest BCUT2D eigenvalue weighted by Crippen LogP contribution is -2.36. The SMILES string of the molecule is Cc1ncccc1-c1ccc2c(c1)-n1nc(N(C)C)cc1C(=O)N(C)C21CC1. The first-order valence-electron chi connectivity index (χ1n) is 9.55. The van der Waals surface area contributed by atoms with Crippen molar-refractivity contribution in [2.75, 3.05) is 26.0 Å². The zero-order valence-corrected chi connectivity index (χ0v) is 16.6. The number of anilines is 1. The number of aromatic nitrogens is 3. The maximum Gasteiger partial charge on any atom is 0.273 e. The Morgan fingerprint density at radius 1 is 1.14 bits per heavy atom. The van der Waals surface area contributed by atoms with Crippen molar-refractivity contribution in [1.29, 1.82) is 0 Å². The molecule has 0 N–H and O–H groups in total. The molecule has 1 aliphatic heterocycles. The highest BCUT2D eigenvalue weighted by molar-refractivity contribution is 5.96. The minimum atomic E-state index is -0.214. The van der Waals surface area contributed by atoms with Crippen molar-refractivity contribution in [3.05, 3.63) is 59.5 Å². The molecule has 0 saturated heterocycles. The van der Waals surface area contributed by atoms with E-state index in [1.807, 2.05) is 60.9 Å². The van der Waals surface area contributed by atoms with E-state index in [9.17, 15) is 4.79 Å². The van der Waals surface area contributed by atoms with Gasteiger partial charge in [-0.25, -0.2) is 4.68 Å². The Morgan fingerprint density at radius 2 is 1.93 bits per heavy atom. The molecule has 6 heteroatoms. The molecule has 28 heavy (non-hydrogen) atoms. The lowest BCUT2D eigenvalue weighted by molar-refractivity contribution is 0.0704. The summed E-state index contributed by atoms with van der Waals surface area (Å²) < 4.78 is 1.83. The number of rotatable bonds is 2. The van der Waals surface area contributed by atoms with E-state index >= 15 is 0 Å². The molecule has 0 atom stereocenters. The second-order valence-electron chi connectivity index (χ2n) is 7.96. The van der Waals surface area contributed by atoms with E-state index in [0.717, 1.165) is 41.2 Å². The summed E-state index contributed by atoms with van der Waals surface area (Å²) in [5.41, 5.74) is 5.72. The lowest BCUT2D eigenvalue weighted by Gasteiger charge is -2.27. The summed E-state index contributed by atoms with van der Waals surface area (Å²) in [4.78, 5) is 21.5. The van der Waals surface area contributed by atoms with Gasteiger partial charge in [0.1, 0.15) is 5.69 Å². The number of hydrogen-bond donors (Lipinski definition) is 0. The summed E-state index contributed by atoms with van der Waals surface area (Å²) in [6.45, 7) is 2.02. The van der Waals surface area contributed by atoms with Crippen LogP contribution in [0, 0.1) is 6.92 Å². The van der Waals surface area contributed by atoms with Gasteiger partial charge in [-0.05, 0) is 37.5 Å². The molecule has 1 spiro atoms. The average molecular weight is 373 g/mol. The standard InChI is InChI=1S/C22H23N5O/c1-14-16(6-5-11-23-14)15-7-8-17-18(12-15)27-19(13-20(24-27)25(2)3)21(28)26(4)22(17)9-10-22/h5-8,11-13H,9-10H2,1-4H3. The first-order valence-corrected chi connectivity index (χ1v) is 9.55. The number of carbonyl (C=O) groups is 1. The highest BCUT2D eigenvalue weighted by Gasteiger charge is 2.53. The smallest absolute Gasteiger partial charge is 0.273 e. The zero-order chi connectivity index (χ0) is 19.6. The van der Waals surface area contributed by atoms with Crippen LogP contribution in [0.2, 0.25) is 0 Å². The van der Waals surface area contributed by atoms with Crippen LogP contribution >= 0.6 is 0 Å². The monoisotopic (exact) mass is 373 g/mol. The van der Waals surface area contributed by atoms with Gasteiger partial charge in [-0.2, -0.15) is 0 Å². The van der Waals surface area contributed by atoms with Crippen molar-refractivity contribution < 1.29 is 4.79 Å². The average Bonchev–Trinajstić information content (AvgIpc) is 3.38. The van der Waals surface area contributed by atoms with Crippen LogP contribution in [0.5, 0.6) is 0 Å². The first kappa shape index (κ1) is 17.0. The minimum Gasteiger partial charge on any atom is -0.361 e. The Hall–Kier alpha value is -3.15. The minimum absolute atomic E-state index is 0.0217. The third-order valence-corrected chi connectivity index (χ3v) is 6.09. The van der Waals surface area contributed by atoms with Crippen LogP contribution < -0.4 is 4.90 Å². The number of aryl methyl sites for hydroxylation is 1. The number of hydrogen-bond acceptors (Lipinski definition) is 4.